The molecule has 23 heavy (non-hydrogen) atoms. The SMILES string of the molecule is Cc1cc(Cl)c(-c2ccc([C@H]3[C@H](C#N)N[C@H]3CO)cc2)c(Cl)c1. The molecule has 0 aromatic heterocycles. The standard InChI is InChI=1S/C18H16Cl2N2O/c1-10-6-13(19)17(14(20)7-10)11-2-4-12(5-3-11)18-15(8-21)22-16(18)9-23/h2-7,15-16,18,22-23H,9H2,1H3/t15-,16-,18-/m0/s1. The minimum absolute atomic E-state index is 0.00279. The van der Waals surface area contributed by atoms with E-state index in [9.17, 15) is 5.11 Å². The summed E-state index contributed by atoms with van der Waals surface area (Å²) < 4.78 is 0. The van der Waals surface area contributed by atoms with Crippen LogP contribution in [0.4, 0.5) is 0 Å². The lowest BCUT2D eigenvalue weighted by Crippen LogP contribution is -2.60. The van der Waals surface area contributed by atoms with Gasteiger partial charge in [-0.25, -0.2) is 0 Å². The van der Waals surface area contributed by atoms with E-state index in [1.54, 1.807) is 0 Å². The number of hydrogen-bond donors (Lipinski definition) is 2. The van der Waals surface area contributed by atoms with Crippen LogP contribution in [0.25, 0.3) is 11.1 Å². The third kappa shape index (κ3) is 2.96. The van der Waals surface area contributed by atoms with Gasteiger partial charge in [-0.2, -0.15) is 5.26 Å². The van der Waals surface area contributed by atoms with Crippen molar-refractivity contribution in [2.45, 2.75) is 24.9 Å². The first kappa shape index (κ1) is 16.3. The van der Waals surface area contributed by atoms with Crippen molar-refractivity contribution in [3.05, 3.63) is 57.6 Å². The van der Waals surface area contributed by atoms with Crippen molar-refractivity contribution in [1.82, 2.24) is 5.32 Å². The third-order valence-electron chi connectivity index (χ3n) is 4.29. The van der Waals surface area contributed by atoms with Crippen LogP contribution in [-0.2, 0) is 0 Å². The summed E-state index contributed by atoms with van der Waals surface area (Å²) in [6.45, 7) is 1.96. The van der Waals surface area contributed by atoms with Crippen molar-refractivity contribution in [3.63, 3.8) is 0 Å². The van der Waals surface area contributed by atoms with Gasteiger partial charge in [-0.3, -0.25) is 5.32 Å². The fraction of sp³-hybridized carbons (Fsp3) is 0.278. The monoisotopic (exact) mass is 346 g/mol. The predicted molar refractivity (Wildman–Crippen MR) is 92.8 cm³/mol. The molecule has 0 bridgehead atoms. The number of hydrogen-bond acceptors (Lipinski definition) is 3. The van der Waals surface area contributed by atoms with Crippen LogP contribution < -0.4 is 5.32 Å². The van der Waals surface area contributed by atoms with E-state index in [-0.39, 0.29) is 24.6 Å². The first-order chi connectivity index (χ1) is 11.0. The number of aliphatic hydroxyl groups excluding tert-OH is 1. The highest BCUT2D eigenvalue weighted by molar-refractivity contribution is 6.39. The summed E-state index contributed by atoms with van der Waals surface area (Å²) in [7, 11) is 0. The number of halogens is 2. The lowest BCUT2D eigenvalue weighted by molar-refractivity contribution is 0.151. The molecule has 2 aromatic carbocycles. The van der Waals surface area contributed by atoms with Crippen LogP contribution in [-0.4, -0.2) is 23.8 Å². The molecule has 3 nitrogen and oxygen atoms in total. The molecular formula is C18H16Cl2N2O. The van der Waals surface area contributed by atoms with Gasteiger partial charge >= 0.3 is 0 Å². The van der Waals surface area contributed by atoms with Crippen molar-refractivity contribution in [2.75, 3.05) is 6.61 Å². The molecule has 1 fully saturated rings. The van der Waals surface area contributed by atoms with Gasteiger partial charge in [0.1, 0.15) is 6.04 Å². The van der Waals surface area contributed by atoms with Crippen molar-refractivity contribution in [3.8, 4) is 17.2 Å². The number of benzene rings is 2. The third-order valence-corrected chi connectivity index (χ3v) is 4.89. The average Bonchev–Trinajstić information content (AvgIpc) is 2.48. The molecule has 2 aromatic rings. The highest BCUT2D eigenvalue weighted by atomic mass is 35.5. The van der Waals surface area contributed by atoms with Crippen LogP contribution in [0.5, 0.6) is 0 Å². The second-order valence-electron chi connectivity index (χ2n) is 5.81. The van der Waals surface area contributed by atoms with E-state index in [2.05, 4.69) is 11.4 Å². The van der Waals surface area contributed by atoms with Crippen LogP contribution in [0.15, 0.2) is 36.4 Å². The van der Waals surface area contributed by atoms with E-state index < -0.39 is 0 Å². The molecule has 1 aliphatic rings. The maximum Gasteiger partial charge on any atom is 0.104 e. The zero-order valence-electron chi connectivity index (χ0n) is 12.6. The van der Waals surface area contributed by atoms with E-state index in [0.29, 0.717) is 10.0 Å². The number of aliphatic hydroxyl groups is 1. The van der Waals surface area contributed by atoms with Gasteiger partial charge in [0.15, 0.2) is 0 Å². The van der Waals surface area contributed by atoms with Crippen molar-refractivity contribution in [1.29, 1.82) is 5.26 Å². The molecule has 1 heterocycles. The van der Waals surface area contributed by atoms with Gasteiger partial charge in [0.25, 0.3) is 0 Å². The maximum atomic E-state index is 9.36. The molecule has 0 spiro atoms. The van der Waals surface area contributed by atoms with E-state index in [4.69, 9.17) is 28.5 Å². The summed E-state index contributed by atoms with van der Waals surface area (Å²) in [4.78, 5) is 0. The lowest BCUT2D eigenvalue weighted by atomic mass is 9.78. The largest absolute Gasteiger partial charge is 0.395 e. The summed E-state index contributed by atoms with van der Waals surface area (Å²) >= 11 is 12.7. The first-order valence-electron chi connectivity index (χ1n) is 7.37. The fourth-order valence-corrected chi connectivity index (χ4v) is 3.92. The van der Waals surface area contributed by atoms with E-state index in [1.807, 2.05) is 43.3 Å². The Morgan fingerprint density at radius 3 is 2.30 bits per heavy atom. The van der Waals surface area contributed by atoms with Crippen LogP contribution in [0.3, 0.4) is 0 Å². The molecule has 3 rings (SSSR count). The lowest BCUT2D eigenvalue weighted by Gasteiger charge is -2.42. The summed E-state index contributed by atoms with van der Waals surface area (Å²) in [5.41, 5.74) is 3.79. The predicted octanol–water partition coefficient (Wildman–Crippen LogP) is 3.91. The molecule has 0 aliphatic carbocycles. The fourth-order valence-electron chi connectivity index (χ4n) is 3.11. The van der Waals surface area contributed by atoms with Crippen molar-refractivity contribution >= 4 is 23.2 Å². The molecule has 1 saturated heterocycles. The molecule has 2 N–H and O–H groups in total. The topological polar surface area (TPSA) is 56.0 Å². The Kier molecular flexibility index (Phi) is 4.61. The zero-order valence-corrected chi connectivity index (χ0v) is 14.1. The van der Waals surface area contributed by atoms with Crippen LogP contribution in [0.1, 0.15) is 17.0 Å². The number of nitrogens with one attached hydrogen (secondary N) is 1. The second kappa shape index (κ2) is 6.51. The van der Waals surface area contributed by atoms with Gasteiger partial charge in [0.05, 0.1) is 22.7 Å². The minimum Gasteiger partial charge on any atom is -0.395 e. The van der Waals surface area contributed by atoms with Crippen molar-refractivity contribution in [2.24, 2.45) is 0 Å². The van der Waals surface area contributed by atoms with Crippen LogP contribution >= 0.6 is 23.2 Å². The van der Waals surface area contributed by atoms with E-state index >= 15 is 0 Å². The molecular weight excluding hydrogens is 331 g/mol. The number of rotatable bonds is 3. The molecule has 5 heteroatoms. The maximum absolute atomic E-state index is 9.36. The number of nitriles is 1. The highest BCUT2D eigenvalue weighted by Gasteiger charge is 2.41. The number of nitrogens with zero attached hydrogens (tertiary/aromatic N) is 1. The highest BCUT2D eigenvalue weighted by Crippen LogP contribution is 2.38. The Bertz CT molecular complexity index is 745. The molecule has 1 aliphatic heterocycles. The van der Waals surface area contributed by atoms with Gasteiger partial charge in [-0.05, 0) is 35.7 Å². The summed E-state index contributed by atoms with van der Waals surface area (Å²) in [5, 5.41) is 22.8. The first-order valence-corrected chi connectivity index (χ1v) is 8.13. The van der Waals surface area contributed by atoms with Crippen molar-refractivity contribution < 1.29 is 5.11 Å². The van der Waals surface area contributed by atoms with Gasteiger partial charge in [0, 0.05) is 17.5 Å². The van der Waals surface area contributed by atoms with Gasteiger partial charge < -0.3 is 5.11 Å². The zero-order chi connectivity index (χ0) is 16.6. The molecule has 0 amide bonds. The van der Waals surface area contributed by atoms with Gasteiger partial charge in [-0.15, -0.1) is 0 Å². The smallest absolute Gasteiger partial charge is 0.104 e. The molecule has 0 unspecified atom stereocenters. The Morgan fingerprint density at radius 1 is 1.17 bits per heavy atom. The Hall–Kier alpha value is -1.57. The average molecular weight is 347 g/mol. The second-order valence-corrected chi connectivity index (χ2v) is 6.63. The normalized spacial score (nSPS) is 23.2. The molecule has 0 radical (unpaired) electrons. The Labute approximate surface area is 145 Å². The summed E-state index contributed by atoms with van der Waals surface area (Å²) in [5.74, 6) is 0.00279. The number of aryl methyl sites for hydroxylation is 1. The van der Waals surface area contributed by atoms with Crippen LogP contribution in [0.2, 0.25) is 10.0 Å². The Morgan fingerprint density at radius 2 is 1.78 bits per heavy atom. The molecule has 3 atom stereocenters. The Balaban J connectivity index is 1.93. The quantitative estimate of drug-likeness (QED) is 0.885. The summed E-state index contributed by atoms with van der Waals surface area (Å²) in [6.07, 6.45) is 0. The van der Waals surface area contributed by atoms with E-state index in [1.165, 1.54) is 0 Å². The molecule has 0 saturated carbocycles. The molecule has 118 valence electrons. The van der Waals surface area contributed by atoms with Gasteiger partial charge in [-0.1, -0.05) is 47.5 Å². The van der Waals surface area contributed by atoms with Crippen LogP contribution in [0, 0.1) is 18.3 Å². The van der Waals surface area contributed by atoms with Gasteiger partial charge in [0.2, 0.25) is 0 Å². The van der Waals surface area contributed by atoms with E-state index in [0.717, 1.165) is 22.3 Å². The minimum atomic E-state index is -0.260. The summed E-state index contributed by atoms with van der Waals surface area (Å²) in [6, 6.07) is 13.5.